The second-order valence-corrected chi connectivity index (χ2v) is 7.72. The second-order valence-electron chi connectivity index (χ2n) is 6.94. The summed E-state index contributed by atoms with van der Waals surface area (Å²) in [4.78, 5) is 28.3. The third kappa shape index (κ3) is 5.10. The van der Waals surface area contributed by atoms with Gasteiger partial charge in [-0.25, -0.2) is 4.79 Å². The van der Waals surface area contributed by atoms with Gasteiger partial charge in [-0.2, -0.15) is 0 Å². The SMILES string of the molecule is CC(C(=O)NC(=O)NC1CC1)N1CCN(Cc2cccc(Cl)c2Cl)CC1. The molecule has 1 saturated heterocycles. The zero-order chi connectivity index (χ0) is 18.7. The Kier molecular flexibility index (Phi) is 6.40. The lowest BCUT2D eigenvalue weighted by atomic mass is 10.1. The third-order valence-electron chi connectivity index (χ3n) is 4.91. The highest BCUT2D eigenvalue weighted by Gasteiger charge is 2.28. The van der Waals surface area contributed by atoms with Crippen LogP contribution in [0.4, 0.5) is 4.79 Å². The predicted molar refractivity (Wildman–Crippen MR) is 102 cm³/mol. The molecule has 2 aliphatic rings. The number of carbonyl (C=O) groups excluding carboxylic acids is 2. The highest BCUT2D eigenvalue weighted by atomic mass is 35.5. The molecule has 6 nitrogen and oxygen atoms in total. The molecule has 2 fully saturated rings. The number of urea groups is 1. The van der Waals surface area contributed by atoms with Gasteiger partial charge in [-0.05, 0) is 31.4 Å². The Labute approximate surface area is 163 Å². The van der Waals surface area contributed by atoms with Crippen molar-refractivity contribution in [3.8, 4) is 0 Å². The van der Waals surface area contributed by atoms with Gasteiger partial charge >= 0.3 is 6.03 Å². The monoisotopic (exact) mass is 398 g/mol. The Bertz CT molecular complexity index is 673. The highest BCUT2D eigenvalue weighted by Crippen LogP contribution is 2.26. The molecule has 1 aromatic rings. The largest absolute Gasteiger partial charge is 0.335 e. The number of imide groups is 1. The van der Waals surface area contributed by atoms with Crippen LogP contribution in [0.5, 0.6) is 0 Å². The Hall–Kier alpha value is -1.34. The number of carbonyl (C=O) groups is 2. The number of halogens is 2. The molecule has 1 heterocycles. The first-order chi connectivity index (χ1) is 12.4. The van der Waals surface area contributed by atoms with Crippen molar-refractivity contribution in [2.45, 2.75) is 38.4 Å². The van der Waals surface area contributed by atoms with Gasteiger partial charge in [0.1, 0.15) is 0 Å². The van der Waals surface area contributed by atoms with E-state index in [0.29, 0.717) is 10.0 Å². The van der Waals surface area contributed by atoms with Crippen molar-refractivity contribution in [2.24, 2.45) is 0 Å². The number of benzene rings is 1. The first kappa shape index (κ1) is 19.4. The topological polar surface area (TPSA) is 64.7 Å². The van der Waals surface area contributed by atoms with Crippen LogP contribution in [0.15, 0.2) is 18.2 Å². The number of hydrogen-bond donors (Lipinski definition) is 2. The highest BCUT2D eigenvalue weighted by molar-refractivity contribution is 6.42. The van der Waals surface area contributed by atoms with Crippen molar-refractivity contribution in [3.63, 3.8) is 0 Å². The first-order valence-corrected chi connectivity index (χ1v) is 9.70. The van der Waals surface area contributed by atoms with Crippen LogP contribution < -0.4 is 10.6 Å². The maximum Gasteiger partial charge on any atom is 0.321 e. The van der Waals surface area contributed by atoms with Crippen molar-refractivity contribution in [1.82, 2.24) is 20.4 Å². The summed E-state index contributed by atoms with van der Waals surface area (Å²) in [6.07, 6.45) is 1.99. The molecule has 1 aromatic carbocycles. The molecular formula is C18H24Cl2N4O2. The Morgan fingerprint density at radius 1 is 1.19 bits per heavy atom. The standard InChI is InChI=1S/C18H24Cl2N4O2/c1-12(17(25)22-18(26)21-14-5-6-14)24-9-7-23(8-10-24)11-13-3-2-4-15(19)16(13)20/h2-4,12,14H,5-11H2,1H3,(H2,21,22,25,26). The minimum absolute atomic E-state index is 0.236. The van der Waals surface area contributed by atoms with Gasteiger partial charge in [0.15, 0.2) is 0 Å². The summed E-state index contributed by atoms with van der Waals surface area (Å²) < 4.78 is 0. The Morgan fingerprint density at radius 3 is 2.54 bits per heavy atom. The fraction of sp³-hybridized carbons (Fsp3) is 0.556. The second kappa shape index (κ2) is 8.57. The average molecular weight is 399 g/mol. The fourth-order valence-corrected chi connectivity index (χ4v) is 3.43. The van der Waals surface area contributed by atoms with Crippen LogP contribution in [0.1, 0.15) is 25.3 Å². The summed E-state index contributed by atoms with van der Waals surface area (Å²) in [5.74, 6) is -0.255. The normalized spacial score (nSPS) is 19.8. The lowest BCUT2D eigenvalue weighted by Crippen LogP contribution is -2.55. The minimum atomic E-state index is -0.390. The van der Waals surface area contributed by atoms with Gasteiger partial charge in [0, 0.05) is 38.8 Å². The van der Waals surface area contributed by atoms with Gasteiger partial charge in [0.05, 0.1) is 16.1 Å². The molecule has 3 rings (SSSR count). The average Bonchev–Trinajstić information content (AvgIpc) is 3.42. The molecule has 1 unspecified atom stereocenters. The van der Waals surface area contributed by atoms with Crippen LogP contribution in [-0.2, 0) is 11.3 Å². The van der Waals surface area contributed by atoms with E-state index in [1.165, 1.54) is 0 Å². The summed E-state index contributed by atoms with van der Waals surface area (Å²) in [6.45, 7) is 5.75. The lowest BCUT2D eigenvalue weighted by molar-refractivity contribution is -0.125. The summed E-state index contributed by atoms with van der Waals surface area (Å²) in [5, 5.41) is 6.37. The third-order valence-corrected chi connectivity index (χ3v) is 5.77. The molecule has 0 radical (unpaired) electrons. The van der Waals surface area contributed by atoms with E-state index in [1.807, 2.05) is 19.1 Å². The maximum atomic E-state index is 12.2. The molecule has 0 bridgehead atoms. The maximum absolute atomic E-state index is 12.2. The van der Waals surface area contributed by atoms with E-state index >= 15 is 0 Å². The van der Waals surface area contributed by atoms with E-state index in [1.54, 1.807) is 6.07 Å². The fourth-order valence-electron chi connectivity index (χ4n) is 3.05. The zero-order valence-corrected chi connectivity index (χ0v) is 16.3. The molecule has 1 atom stereocenters. The quantitative estimate of drug-likeness (QED) is 0.799. The van der Waals surface area contributed by atoms with Gasteiger partial charge in [0.25, 0.3) is 0 Å². The van der Waals surface area contributed by atoms with E-state index in [0.717, 1.165) is 51.1 Å². The van der Waals surface area contributed by atoms with Crippen molar-refractivity contribution >= 4 is 35.1 Å². The molecule has 142 valence electrons. The summed E-state index contributed by atoms with van der Waals surface area (Å²) in [5.41, 5.74) is 1.01. The molecule has 1 saturated carbocycles. The van der Waals surface area contributed by atoms with Gasteiger partial charge in [0.2, 0.25) is 5.91 Å². The number of piperazine rings is 1. The van der Waals surface area contributed by atoms with Crippen LogP contribution in [0.25, 0.3) is 0 Å². The van der Waals surface area contributed by atoms with Crippen LogP contribution >= 0.6 is 23.2 Å². The van der Waals surface area contributed by atoms with E-state index in [-0.39, 0.29) is 18.0 Å². The molecule has 1 aliphatic carbocycles. The summed E-state index contributed by atoms with van der Waals surface area (Å²) in [6, 6.07) is 5.18. The van der Waals surface area contributed by atoms with Gasteiger partial charge in [-0.15, -0.1) is 0 Å². The number of amides is 3. The van der Waals surface area contributed by atoms with Crippen molar-refractivity contribution in [3.05, 3.63) is 33.8 Å². The van der Waals surface area contributed by atoms with Crippen LogP contribution in [0, 0.1) is 0 Å². The van der Waals surface area contributed by atoms with E-state index < -0.39 is 6.03 Å². The van der Waals surface area contributed by atoms with Crippen molar-refractivity contribution in [1.29, 1.82) is 0 Å². The van der Waals surface area contributed by atoms with Crippen LogP contribution in [0.3, 0.4) is 0 Å². The number of nitrogens with one attached hydrogen (secondary N) is 2. The molecule has 2 N–H and O–H groups in total. The van der Waals surface area contributed by atoms with Gasteiger partial charge < -0.3 is 5.32 Å². The minimum Gasteiger partial charge on any atom is -0.335 e. The van der Waals surface area contributed by atoms with Gasteiger partial charge in [-0.1, -0.05) is 35.3 Å². The molecular weight excluding hydrogens is 375 g/mol. The number of hydrogen-bond acceptors (Lipinski definition) is 4. The Morgan fingerprint density at radius 2 is 1.88 bits per heavy atom. The summed E-state index contributed by atoms with van der Waals surface area (Å²) in [7, 11) is 0. The molecule has 26 heavy (non-hydrogen) atoms. The van der Waals surface area contributed by atoms with E-state index in [9.17, 15) is 9.59 Å². The van der Waals surface area contributed by atoms with Crippen LogP contribution in [0.2, 0.25) is 10.0 Å². The lowest BCUT2D eigenvalue weighted by Gasteiger charge is -2.37. The van der Waals surface area contributed by atoms with E-state index in [4.69, 9.17) is 23.2 Å². The van der Waals surface area contributed by atoms with Crippen LogP contribution in [-0.4, -0.2) is 60.0 Å². The number of rotatable bonds is 5. The van der Waals surface area contributed by atoms with Crippen molar-refractivity contribution < 1.29 is 9.59 Å². The molecule has 0 aromatic heterocycles. The van der Waals surface area contributed by atoms with E-state index in [2.05, 4.69) is 20.4 Å². The number of nitrogens with zero attached hydrogens (tertiary/aromatic N) is 2. The smallest absolute Gasteiger partial charge is 0.321 e. The molecule has 3 amide bonds. The Balaban J connectivity index is 1.45. The molecule has 1 aliphatic heterocycles. The van der Waals surface area contributed by atoms with Crippen molar-refractivity contribution in [2.75, 3.05) is 26.2 Å². The molecule has 0 spiro atoms. The summed E-state index contributed by atoms with van der Waals surface area (Å²) >= 11 is 12.3. The predicted octanol–water partition coefficient (Wildman–Crippen LogP) is 2.49. The zero-order valence-electron chi connectivity index (χ0n) is 14.8. The van der Waals surface area contributed by atoms with Gasteiger partial charge in [-0.3, -0.25) is 19.9 Å². The first-order valence-electron chi connectivity index (χ1n) is 8.94. The molecule has 8 heteroatoms.